The van der Waals surface area contributed by atoms with E-state index in [9.17, 15) is 18.5 Å². The zero-order valence-electron chi connectivity index (χ0n) is 16.9. The van der Waals surface area contributed by atoms with Gasteiger partial charge in [0.1, 0.15) is 0 Å². The number of aryl methyl sites for hydroxylation is 1. The Bertz CT molecular complexity index is 1290. The van der Waals surface area contributed by atoms with Crippen LogP contribution in [-0.4, -0.2) is 37.5 Å². The molecule has 1 aliphatic carbocycles. The average Bonchev–Trinajstić information content (AvgIpc) is 3.45. The molecule has 30 heavy (non-hydrogen) atoms. The minimum absolute atomic E-state index is 0.0972. The standard InChI is InChI=1S/C22H21N3O4S/c1-14-4-7-16(8-5-14)30(27,28)25-13-20(17-9-6-15(12-23)10-21(17)25)18-11-19(18)22(26)24(2)29-3/h4-10,13,18-19H,11H2,1-3H3/t18-,19-/m0/s1. The van der Waals surface area contributed by atoms with Crippen molar-refractivity contribution < 1.29 is 18.0 Å². The van der Waals surface area contributed by atoms with Gasteiger partial charge in [-0.1, -0.05) is 23.8 Å². The van der Waals surface area contributed by atoms with Crippen LogP contribution in [0, 0.1) is 24.2 Å². The van der Waals surface area contributed by atoms with Gasteiger partial charge in [0.25, 0.3) is 10.0 Å². The summed E-state index contributed by atoms with van der Waals surface area (Å²) in [4.78, 5) is 17.6. The fraction of sp³-hybridized carbons (Fsp3) is 0.273. The monoisotopic (exact) mass is 423 g/mol. The molecule has 0 spiro atoms. The van der Waals surface area contributed by atoms with Crippen LogP contribution in [0.2, 0.25) is 0 Å². The minimum atomic E-state index is -3.86. The van der Waals surface area contributed by atoms with E-state index in [1.165, 1.54) is 16.1 Å². The molecule has 0 unspecified atom stereocenters. The van der Waals surface area contributed by atoms with E-state index in [0.717, 1.165) is 16.5 Å². The summed E-state index contributed by atoms with van der Waals surface area (Å²) in [5.41, 5.74) is 2.55. The van der Waals surface area contributed by atoms with Gasteiger partial charge in [0.05, 0.1) is 29.2 Å². The summed E-state index contributed by atoms with van der Waals surface area (Å²) >= 11 is 0. The van der Waals surface area contributed by atoms with Gasteiger partial charge in [-0.25, -0.2) is 17.5 Å². The van der Waals surface area contributed by atoms with Crippen LogP contribution in [0.5, 0.6) is 0 Å². The molecule has 0 N–H and O–H groups in total. The zero-order chi connectivity index (χ0) is 21.6. The van der Waals surface area contributed by atoms with Gasteiger partial charge < -0.3 is 0 Å². The summed E-state index contributed by atoms with van der Waals surface area (Å²) in [6, 6.07) is 13.7. The Balaban J connectivity index is 1.84. The third kappa shape index (κ3) is 3.26. The summed E-state index contributed by atoms with van der Waals surface area (Å²) < 4.78 is 28.0. The molecular weight excluding hydrogens is 402 g/mol. The van der Waals surface area contributed by atoms with Crippen molar-refractivity contribution in [3.05, 3.63) is 65.4 Å². The number of amides is 1. The van der Waals surface area contributed by atoms with Crippen LogP contribution in [0.1, 0.15) is 29.0 Å². The van der Waals surface area contributed by atoms with Crippen molar-refractivity contribution in [2.75, 3.05) is 14.2 Å². The van der Waals surface area contributed by atoms with E-state index >= 15 is 0 Å². The number of rotatable bonds is 5. The van der Waals surface area contributed by atoms with Gasteiger partial charge in [-0.15, -0.1) is 0 Å². The summed E-state index contributed by atoms with van der Waals surface area (Å²) in [5.74, 6) is -0.495. The minimum Gasteiger partial charge on any atom is -0.275 e. The van der Waals surface area contributed by atoms with Gasteiger partial charge in [-0.2, -0.15) is 5.26 Å². The van der Waals surface area contributed by atoms with E-state index in [4.69, 9.17) is 4.84 Å². The van der Waals surface area contributed by atoms with Gasteiger partial charge in [0.2, 0.25) is 5.91 Å². The lowest BCUT2D eigenvalue weighted by atomic mass is 10.1. The Morgan fingerprint density at radius 3 is 2.57 bits per heavy atom. The lowest BCUT2D eigenvalue weighted by molar-refractivity contribution is -0.170. The molecule has 1 saturated carbocycles. The van der Waals surface area contributed by atoms with E-state index in [1.54, 1.807) is 55.7 Å². The van der Waals surface area contributed by atoms with Crippen molar-refractivity contribution in [3.8, 4) is 6.07 Å². The average molecular weight is 423 g/mol. The molecule has 2 atom stereocenters. The first-order valence-corrected chi connectivity index (χ1v) is 10.9. The predicted molar refractivity (Wildman–Crippen MR) is 111 cm³/mol. The Hall–Kier alpha value is -3.15. The third-order valence-electron chi connectivity index (χ3n) is 5.60. The number of benzene rings is 2. The second kappa shape index (κ2) is 7.27. The fourth-order valence-corrected chi connectivity index (χ4v) is 5.12. The van der Waals surface area contributed by atoms with E-state index in [-0.39, 0.29) is 22.6 Å². The van der Waals surface area contributed by atoms with Crippen LogP contribution in [0.15, 0.2) is 53.6 Å². The van der Waals surface area contributed by atoms with E-state index in [2.05, 4.69) is 6.07 Å². The highest BCUT2D eigenvalue weighted by Crippen LogP contribution is 2.51. The number of hydrogen-bond acceptors (Lipinski definition) is 5. The highest BCUT2D eigenvalue weighted by atomic mass is 32.2. The molecule has 1 heterocycles. The molecule has 7 nitrogen and oxygen atoms in total. The van der Waals surface area contributed by atoms with Gasteiger partial charge in [-0.05, 0) is 49.1 Å². The summed E-state index contributed by atoms with van der Waals surface area (Å²) in [6.45, 7) is 1.89. The lowest BCUT2D eigenvalue weighted by Crippen LogP contribution is -2.27. The number of carbonyl (C=O) groups is 1. The van der Waals surface area contributed by atoms with Crippen molar-refractivity contribution in [1.29, 1.82) is 5.26 Å². The molecule has 0 radical (unpaired) electrons. The van der Waals surface area contributed by atoms with Gasteiger partial charge in [-0.3, -0.25) is 9.63 Å². The Morgan fingerprint density at radius 2 is 1.93 bits per heavy atom. The number of hydrogen-bond donors (Lipinski definition) is 0. The zero-order valence-corrected chi connectivity index (χ0v) is 17.7. The number of fused-ring (bicyclic) bond motifs is 1. The largest absolute Gasteiger partial charge is 0.275 e. The van der Waals surface area contributed by atoms with E-state index in [1.807, 2.05) is 6.92 Å². The first-order valence-electron chi connectivity index (χ1n) is 9.47. The van der Waals surface area contributed by atoms with Crippen molar-refractivity contribution in [2.24, 2.45) is 5.92 Å². The molecular formula is C22H21N3O4S. The van der Waals surface area contributed by atoms with Crippen molar-refractivity contribution in [3.63, 3.8) is 0 Å². The molecule has 0 saturated heterocycles. The summed E-state index contributed by atoms with van der Waals surface area (Å²) in [7, 11) is -0.877. The van der Waals surface area contributed by atoms with Gasteiger partial charge in [0, 0.05) is 24.5 Å². The summed E-state index contributed by atoms with van der Waals surface area (Å²) in [5, 5.41) is 11.2. The molecule has 1 aliphatic rings. The number of nitrogens with zero attached hydrogens (tertiary/aromatic N) is 3. The maximum atomic E-state index is 13.4. The topological polar surface area (TPSA) is 92.4 Å². The molecule has 2 aromatic carbocycles. The SMILES string of the molecule is CON(C)C(=O)[C@H]1C[C@@H]1c1cn(S(=O)(=O)c2ccc(C)cc2)c2cc(C#N)ccc12. The Morgan fingerprint density at radius 1 is 1.23 bits per heavy atom. The Labute approximate surface area is 175 Å². The molecule has 0 bridgehead atoms. The summed E-state index contributed by atoms with van der Waals surface area (Å²) in [6.07, 6.45) is 2.21. The van der Waals surface area contributed by atoms with Gasteiger partial charge >= 0.3 is 0 Å². The van der Waals surface area contributed by atoms with Gasteiger partial charge in [0.15, 0.2) is 0 Å². The first kappa shape index (κ1) is 20.1. The quantitative estimate of drug-likeness (QED) is 0.588. The number of nitriles is 1. The van der Waals surface area contributed by atoms with Crippen molar-refractivity contribution in [1.82, 2.24) is 9.04 Å². The smallest absolute Gasteiger partial charge is 0.268 e. The number of hydroxylamine groups is 2. The van der Waals surface area contributed by atoms with E-state index in [0.29, 0.717) is 17.5 Å². The molecule has 1 fully saturated rings. The molecule has 154 valence electrons. The van der Waals surface area contributed by atoms with E-state index < -0.39 is 10.0 Å². The molecule has 8 heteroatoms. The Kier molecular flexibility index (Phi) is 4.88. The van der Waals surface area contributed by atoms with Crippen LogP contribution in [-0.2, 0) is 19.7 Å². The normalized spacial score (nSPS) is 18.2. The van der Waals surface area contributed by atoms with Crippen molar-refractivity contribution in [2.45, 2.75) is 24.2 Å². The molecule has 1 aromatic heterocycles. The fourth-order valence-electron chi connectivity index (χ4n) is 3.75. The molecule has 3 aromatic rings. The molecule has 0 aliphatic heterocycles. The molecule has 1 amide bonds. The maximum Gasteiger partial charge on any atom is 0.268 e. The highest BCUT2D eigenvalue weighted by Gasteiger charge is 2.47. The van der Waals surface area contributed by atoms with Crippen LogP contribution in [0.25, 0.3) is 10.9 Å². The number of carbonyl (C=O) groups excluding carboxylic acids is 1. The highest BCUT2D eigenvalue weighted by molar-refractivity contribution is 7.90. The number of aromatic nitrogens is 1. The second-order valence-corrected chi connectivity index (χ2v) is 9.32. The lowest BCUT2D eigenvalue weighted by Gasteiger charge is -2.13. The molecule has 4 rings (SSSR count). The van der Waals surface area contributed by atoms with Crippen molar-refractivity contribution >= 4 is 26.8 Å². The van der Waals surface area contributed by atoms with Crippen LogP contribution in [0.4, 0.5) is 0 Å². The van der Waals surface area contributed by atoms with Crippen LogP contribution >= 0.6 is 0 Å². The van der Waals surface area contributed by atoms with Crippen LogP contribution < -0.4 is 0 Å². The third-order valence-corrected chi connectivity index (χ3v) is 7.29. The first-order chi connectivity index (χ1) is 14.3. The van der Waals surface area contributed by atoms with Crippen LogP contribution in [0.3, 0.4) is 0 Å². The second-order valence-electron chi connectivity index (χ2n) is 7.51. The maximum absolute atomic E-state index is 13.4. The predicted octanol–water partition coefficient (Wildman–Crippen LogP) is 3.18.